The lowest BCUT2D eigenvalue weighted by molar-refractivity contribution is 0.374. The Morgan fingerprint density at radius 3 is 2.56 bits per heavy atom. The number of hydrogen-bond donors (Lipinski definition) is 3. The molecule has 0 saturated carbocycles. The summed E-state index contributed by atoms with van der Waals surface area (Å²) in [6.45, 7) is 4.14. The summed E-state index contributed by atoms with van der Waals surface area (Å²) >= 11 is 0. The predicted octanol–water partition coefficient (Wildman–Crippen LogP) is 2.12. The van der Waals surface area contributed by atoms with E-state index in [1.54, 1.807) is 16.9 Å². The SMILES string of the molecule is CCC(CC)c1cncn1P(O)CCP(=O)(O)O. The summed E-state index contributed by atoms with van der Waals surface area (Å²) in [6.07, 6.45) is 4.95. The van der Waals surface area contributed by atoms with Gasteiger partial charge in [0.05, 0.1) is 12.5 Å². The molecule has 0 fully saturated rings. The van der Waals surface area contributed by atoms with Crippen molar-refractivity contribution in [3.8, 4) is 0 Å². The Balaban J connectivity index is 2.77. The van der Waals surface area contributed by atoms with Crippen molar-refractivity contribution in [1.29, 1.82) is 0 Å². The molecule has 1 unspecified atom stereocenters. The Morgan fingerprint density at radius 2 is 2.06 bits per heavy atom. The first-order valence-corrected chi connectivity index (χ1v) is 9.15. The van der Waals surface area contributed by atoms with Crippen molar-refractivity contribution in [3.63, 3.8) is 0 Å². The van der Waals surface area contributed by atoms with Gasteiger partial charge in [-0.1, -0.05) is 13.8 Å². The molecule has 1 atom stereocenters. The number of rotatable bonds is 7. The minimum Gasteiger partial charge on any atom is -0.354 e. The van der Waals surface area contributed by atoms with Crippen LogP contribution in [0.15, 0.2) is 12.5 Å². The Bertz CT molecular complexity index is 414. The molecule has 1 aromatic rings. The summed E-state index contributed by atoms with van der Waals surface area (Å²) in [7, 11) is -5.66. The van der Waals surface area contributed by atoms with E-state index >= 15 is 0 Å². The Kier molecular flexibility index (Phi) is 5.96. The van der Waals surface area contributed by atoms with E-state index in [1.807, 2.05) is 0 Å². The van der Waals surface area contributed by atoms with Crippen LogP contribution in [0.1, 0.15) is 38.3 Å². The lowest BCUT2D eigenvalue weighted by Crippen LogP contribution is -2.06. The van der Waals surface area contributed by atoms with Crippen LogP contribution in [0.2, 0.25) is 0 Å². The van der Waals surface area contributed by atoms with E-state index in [1.165, 1.54) is 0 Å². The van der Waals surface area contributed by atoms with Gasteiger partial charge in [-0.05, 0) is 12.8 Å². The molecule has 0 bridgehead atoms. The zero-order chi connectivity index (χ0) is 13.8. The van der Waals surface area contributed by atoms with E-state index < -0.39 is 15.9 Å². The van der Waals surface area contributed by atoms with E-state index in [2.05, 4.69) is 18.8 Å². The molecule has 18 heavy (non-hydrogen) atoms. The Labute approximate surface area is 108 Å². The van der Waals surface area contributed by atoms with Gasteiger partial charge in [-0.3, -0.25) is 8.90 Å². The van der Waals surface area contributed by atoms with Crippen LogP contribution in [0.25, 0.3) is 0 Å². The van der Waals surface area contributed by atoms with Crippen molar-refractivity contribution in [2.45, 2.75) is 32.6 Å². The first kappa shape index (κ1) is 15.8. The molecule has 3 N–H and O–H groups in total. The molecule has 0 aliphatic carbocycles. The lowest BCUT2D eigenvalue weighted by Gasteiger charge is -2.19. The van der Waals surface area contributed by atoms with Gasteiger partial charge in [0.25, 0.3) is 0 Å². The fraction of sp³-hybridized carbons (Fsp3) is 0.700. The highest BCUT2D eigenvalue weighted by atomic mass is 31.2. The molecular weight excluding hydrogens is 274 g/mol. The van der Waals surface area contributed by atoms with Crippen molar-refractivity contribution >= 4 is 15.9 Å². The number of imidazole rings is 1. The summed E-state index contributed by atoms with van der Waals surface area (Å²) < 4.78 is 12.5. The van der Waals surface area contributed by atoms with Crippen molar-refractivity contribution in [2.24, 2.45) is 0 Å². The van der Waals surface area contributed by atoms with Crippen LogP contribution in [0, 0.1) is 0 Å². The van der Waals surface area contributed by atoms with E-state index in [4.69, 9.17) is 9.79 Å². The molecule has 0 radical (unpaired) electrons. The quantitative estimate of drug-likeness (QED) is 0.669. The Morgan fingerprint density at radius 1 is 1.44 bits per heavy atom. The van der Waals surface area contributed by atoms with E-state index in [0.29, 0.717) is 5.92 Å². The average molecular weight is 294 g/mol. The van der Waals surface area contributed by atoms with Crippen LogP contribution in [0.5, 0.6) is 0 Å². The minimum atomic E-state index is -4.05. The van der Waals surface area contributed by atoms with Gasteiger partial charge >= 0.3 is 7.60 Å². The molecule has 0 spiro atoms. The van der Waals surface area contributed by atoms with Crippen LogP contribution in [-0.2, 0) is 4.57 Å². The fourth-order valence-corrected chi connectivity index (χ4v) is 4.45. The van der Waals surface area contributed by atoms with Gasteiger partial charge in [0, 0.05) is 24.0 Å². The molecule has 1 heterocycles. The third-order valence-electron chi connectivity index (χ3n) is 2.89. The van der Waals surface area contributed by atoms with Crippen LogP contribution in [0.4, 0.5) is 0 Å². The van der Waals surface area contributed by atoms with Crippen molar-refractivity contribution in [2.75, 3.05) is 12.3 Å². The molecular formula is C10H20N2O4P2. The monoisotopic (exact) mass is 294 g/mol. The highest BCUT2D eigenvalue weighted by Crippen LogP contribution is 2.43. The second kappa shape index (κ2) is 6.78. The number of aromatic nitrogens is 2. The van der Waals surface area contributed by atoms with Crippen LogP contribution < -0.4 is 0 Å². The maximum Gasteiger partial charge on any atom is 0.326 e. The number of nitrogens with zero attached hydrogens (tertiary/aromatic N) is 2. The highest BCUT2D eigenvalue weighted by molar-refractivity contribution is 7.55. The third kappa shape index (κ3) is 4.45. The van der Waals surface area contributed by atoms with E-state index in [9.17, 15) is 9.46 Å². The standard InChI is InChI=1S/C10H20N2O4P2/c1-3-9(4-2)10-7-11-8-12(10)17(13)5-6-18(14,15)16/h7-9,13H,3-6H2,1-2H3,(H2,14,15,16). The van der Waals surface area contributed by atoms with Crippen LogP contribution >= 0.6 is 15.9 Å². The zero-order valence-electron chi connectivity index (χ0n) is 10.6. The first-order valence-electron chi connectivity index (χ1n) is 5.92. The highest BCUT2D eigenvalue weighted by Gasteiger charge is 2.21. The van der Waals surface area contributed by atoms with Crippen molar-refractivity contribution in [3.05, 3.63) is 18.2 Å². The summed E-state index contributed by atoms with van der Waals surface area (Å²) in [4.78, 5) is 31.7. The van der Waals surface area contributed by atoms with E-state index in [0.717, 1.165) is 18.5 Å². The maximum absolute atomic E-state index is 10.8. The molecule has 0 saturated heterocycles. The van der Waals surface area contributed by atoms with Crippen molar-refractivity contribution < 1.29 is 19.2 Å². The van der Waals surface area contributed by atoms with Crippen LogP contribution in [0.3, 0.4) is 0 Å². The zero-order valence-corrected chi connectivity index (χ0v) is 12.4. The molecule has 0 amide bonds. The molecule has 0 aromatic carbocycles. The van der Waals surface area contributed by atoms with Gasteiger partial charge in [-0.25, -0.2) is 4.98 Å². The van der Waals surface area contributed by atoms with Gasteiger partial charge in [0.2, 0.25) is 0 Å². The third-order valence-corrected chi connectivity index (χ3v) is 5.51. The van der Waals surface area contributed by atoms with E-state index in [-0.39, 0.29) is 12.3 Å². The molecule has 6 nitrogen and oxygen atoms in total. The molecule has 8 heteroatoms. The fourth-order valence-electron chi connectivity index (χ4n) is 1.82. The second-order valence-electron chi connectivity index (χ2n) is 4.16. The lowest BCUT2D eigenvalue weighted by atomic mass is 10.0. The topological polar surface area (TPSA) is 95.6 Å². The van der Waals surface area contributed by atoms with Gasteiger partial charge in [0.1, 0.15) is 8.30 Å². The summed E-state index contributed by atoms with van der Waals surface area (Å²) in [5.41, 5.74) is 0.944. The molecule has 0 aliphatic heterocycles. The molecule has 1 aromatic heterocycles. The van der Waals surface area contributed by atoms with Gasteiger partial charge < -0.3 is 14.7 Å². The number of hydrogen-bond acceptors (Lipinski definition) is 3. The minimum absolute atomic E-state index is 0.0864. The first-order chi connectivity index (χ1) is 8.39. The molecule has 1 rings (SSSR count). The maximum atomic E-state index is 10.8. The summed E-state index contributed by atoms with van der Waals surface area (Å²) in [6, 6.07) is 0. The van der Waals surface area contributed by atoms with Gasteiger partial charge in [-0.2, -0.15) is 0 Å². The van der Waals surface area contributed by atoms with Crippen LogP contribution in [-0.4, -0.2) is 36.3 Å². The smallest absolute Gasteiger partial charge is 0.326 e. The van der Waals surface area contributed by atoms with Crippen molar-refractivity contribution in [1.82, 2.24) is 9.32 Å². The Hall–Kier alpha value is -0.250. The second-order valence-corrected chi connectivity index (χ2v) is 7.56. The summed E-state index contributed by atoms with van der Waals surface area (Å²) in [5, 5.41) is 0. The van der Waals surface area contributed by atoms with Gasteiger partial charge in [-0.15, -0.1) is 0 Å². The largest absolute Gasteiger partial charge is 0.354 e. The van der Waals surface area contributed by atoms with Gasteiger partial charge in [0.15, 0.2) is 0 Å². The molecule has 0 aliphatic rings. The average Bonchev–Trinajstić information content (AvgIpc) is 2.76. The summed E-state index contributed by atoms with van der Waals surface area (Å²) in [5.74, 6) is 0.319. The normalized spacial score (nSPS) is 14.1. The molecule has 104 valence electrons. The predicted molar refractivity (Wildman–Crippen MR) is 71.9 cm³/mol.